The van der Waals surface area contributed by atoms with Crippen molar-refractivity contribution in [2.45, 2.75) is 25.2 Å². The molecule has 0 saturated carbocycles. The second-order valence-electron chi connectivity index (χ2n) is 5.84. The molecular formula is C14H21FN2O3S2. The van der Waals surface area contributed by atoms with Crippen LogP contribution in [0.3, 0.4) is 0 Å². The van der Waals surface area contributed by atoms with E-state index in [4.69, 9.17) is 0 Å². The molecule has 124 valence electrons. The van der Waals surface area contributed by atoms with Crippen LogP contribution in [0.5, 0.6) is 0 Å². The zero-order chi connectivity index (χ0) is 16.3. The summed E-state index contributed by atoms with van der Waals surface area (Å²) in [6.07, 6.45) is 0.514. The van der Waals surface area contributed by atoms with Crippen molar-refractivity contribution in [3.8, 4) is 0 Å². The predicted molar refractivity (Wildman–Crippen MR) is 85.4 cm³/mol. The molecule has 0 aliphatic carbocycles. The molecule has 1 fully saturated rings. The molecule has 2 rings (SSSR count). The summed E-state index contributed by atoms with van der Waals surface area (Å²) in [6.45, 7) is 1.37. The van der Waals surface area contributed by atoms with Crippen LogP contribution in [0.15, 0.2) is 17.5 Å². The van der Waals surface area contributed by atoms with Gasteiger partial charge in [-0.2, -0.15) is 0 Å². The van der Waals surface area contributed by atoms with Gasteiger partial charge in [-0.25, -0.2) is 12.8 Å². The third-order valence-electron chi connectivity index (χ3n) is 3.71. The van der Waals surface area contributed by atoms with E-state index in [0.29, 0.717) is 26.1 Å². The Morgan fingerprint density at radius 1 is 1.55 bits per heavy atom. The number of rotatable bonds is 6. The van der Waals surface area contributed by atoms with Crippen LogP contribution in [0, 0.1) is 0 Å². The van der Waals surface area contributed by atoms with Crippen LogP contribution in [0.2, 0.25) is 0 Å². The summed E-state index contributed by atoms with van der Waals surface area (Å²) in [5, 5.41) is 1.98. The Hall–Kier alpha value is -0.990. The second-order valence-corrected chi connectivity index (χ2v) is 9.01. The van der Waals surface area contributed by atoms with Crippen molar-refractivity contribution < 1.29 is 17.6 Å². The highest BCUT2D eigenvalue weighted by Crippen LogP contribution is 2.24. The van der Waals surface area contributed by atoms with Gasteiger partial charge >= 0.3 is 0 Å². The zero-order valence-electron chi connectivity index (χ0n) is 12.7. The maximum Gasteiger partial charge on any atom is 0.237 e. The fraction of sp³-hybridized carbons (Fsp3) is 0.643. The van der Waals surface area contributed by atoms with Crippen molar-refractivity contribution in [1.82, 2.24) is 9.80 Å². The van der Waals surface area contributed by atoms with E-state index in [0.717, 1.165) is 11.1 Å². The molecule has 22 heavy (non-hydrogen) atoms. The highest BCUT2D eigenvalue weighted by atomic mass is 32.2. The summed E-state index contributed by atoms with van der Waals surface area (Å²) in [5.41, 5.74) is 0. The summed E-state index contributed by atoms with van der Waals surface area (Å²) < 4.78 is 36.1. The van der Waals surface area contributed by atoms with Gasteiger partial charge in [0.2, 0.25) is 5.91 Å². The Balaban J connectivity index is 1.95. The molecule has 0 radical (unpaired) electrons. The average molecular weight is 348 g/mol. The maximum atomic E-state index is 13.7. The van der Waals surface area contributed by atoms with Gasteiger partial charge in [0, 0.05) is 43.9 Å². The van der Waals surface area contributed by atoms with Gasteiger partial charge in [-0.05, 0) is 17.9 Å². The lowest BCUT2D eigenvalue weighted by molar-refractivity contribution is -0.127. The Labute approximate surface area is 134 Å². The molecule has 1 amide bonds. The van der Waals surface area contributed by atoms with E-state index in [2.05, 4.69) is 0 Å². The summed E-state index contributed by atoms with van der Waals surface area (Å²) in [7, 11) is -1.77. The van der Waals surface area contributed by atoms with Crippen molar-refractivity contribution >= 4 is 27.1 Å². The molecule has 0 bridgehead atoms. The Morgan fingerprint density at radius 2 is 2.27 bits per heavy atom. The lowest BCUT2D eigenvalue weighted by Crippen LogP contribution is -2.42. The molecule has 5 nitrogen and oxygen atoms in total. The lowest BCUT2D eigenvalue weighted by Gasteiger charge is -2.28. The number of nitrogens with zero attached hydrogens (tertiary/aromatic N) is 2. The fourth-order valence-corrected chi connectivity index (χ4v) is 4.06. The minimum Gasteiger partial charge on any atom is -0.343 e. The molecule has 1 aliphatic heterocycles. The van der Waals surface area contributed by atoms with Crippen LogP contribution in [0.25, 0.3) is 0 Å². The van der Waals surface area contributed by atoms with E-state index in [9.17, 15) is 17.6 Å². The second kappa shape index (κ2) is 7.06. The normalized spacial score (nSPS) is 22.9. The standard InChI is InChI=1S/C14H21FN2O3S2/c1-16(14(18)10-22(2,19)20)8-12-6-11(15)7-17(12)9-13-4-3-5-21-13/h3-5,11-12H,6-10H2,1-2H3/t11-,12-/m0/s1. The van der Waals surface area contributed by atoms with Gasteiger partial charge in [0.15, 0.2) is 9.84 Å². The molecule has 1 aromatic rings. The quantitative estimate of drug-likeness (QED) is 0.774. The van der Waals surface area contributed by atoms with Crippen molar-refractivity contribution in [1.29, 1.82) is 0 Å². The minimum atomic E-state index is -3.34. The number of sulfone groups is 1. The number of carbonyl (C=O) groups excluding carboxylic acids is 1. The minimum absolute atomic E-state index is 0.0781. The van der Waals surface area contributed by atoms with Crippen molar-refractivity contribution in [3.63, 3.8) is 0 Å². The van der Waals surface area contributed by atoms with Gasteiger partial charge in [-0.15, -0.1) is 11.3 Å². The summed E-state index contributed by atoms with van der Waals surface area (Å²) in [4.78, 5) is 16.5. The van der Waals surface area contributed by atoms with Crippen LogP contribution in [-0.2, 0) is 21.2 Å². The first-order valence-corrected chi connectivity index (χ1v) is 10.0. The largest absolute Gasteiger partial charge is 0.343 e. The molecule has 1 aliphatic rings. The number of likely N-dealkylation sites (tertiary alicyclic amines) is 1. The van der Waals surface area contributed by atoms with Crippen LogP contribution in [0.4, 0.5) is 4.39 Å². The lowest BCUT2D eigenvalue weighted by atomic mass is 10.2. The molecule has 1 aromatic heterocycles. The van der Waals surface area contributed by atoms with Crippen molar-refractivity contribution in [2.75, 3.05) is 32.1 Å². The van der Waals surface area contributed by atoms with Gasteiger partial charge in [-0.3, -0.25) is 9.69 Å². The van der Waals surface area contributed by atoms with E-state index < -0.39 is 27.7 Å². The predicted octanol–water partition coefficient (Wildman–Crippen LogP) is 1.16. The first-order chi connectivity index (χ1) is 10.2. The number of amides is 1. The van der Waals surface area contributed by atoms with Gasteiger partial charge in [0.05, 0.1) is 0 Å². The summed E-state index contributed by atoms with van der Waals surface area (Å²) in [5.74, 6) is -0.943. The maximum absolute atomic E-state index is 13.7. The number of halogens is 1. The number of alkyl halides is 1. The topological polar surface area (TPSA) is 57.7 Å². The molecule has 0 N–H and O–H groups in total. The fourth-order valence-electron chi connectivity index (χ4n) is 2.66. The van der Waals surface area contributed by atoms with E-state index >= 15 is 0 Å². The van der Waals surface area contributed by atoms with E-state index in [-0.39, 0.29) is 6.04 Å². The summed E-state index contributed by atoms with van der Waals surface area (Å²) in [6, 6.07) is 3.89. The third-order valence-corrected chi connectivity index (χ3v) is 5.34. The van der Waals surface area contributed by atoms with Crippen LogP contribution in [0.1, 0.15) is 11.3 Å². The number of carbonyl (C=O) groups is 1. The first kappa shape index (κ1) is 17.4. The smallest absolute Gasteiger partial charge is 0.237 e. The van der Waals surface area contributed by atoms with Crippen molar-refractivity contribution in [2.24, 2.45) is 0 Å². The van der Waals surface area contributed by atoms with Crippen molar-refractivity contribution in [3.05, 3.63) is 22.4 Å². The molecule has 8 heteroatoms. The zero-order valence-corrected chi connectivity index (χ0v) is 14.4. The molecule has 0 aromatic carbocycles. The SMILES string of the molecule is CN(C[C@@H]1C[C@H](F)CN1Cc1cccs1)C(=O)CS(C)(=O)=O. The third kappa shape index (κ3) is 5.03. The molecule has 2 heterocycles. The number of likely N-dealkylation sites (N-methyl/N-ethyl adjacent to an activating group) is 1. The molecule has 0 spiro atoms. The van der Waals surface area contributed by atoms with E-state index in [1.54, 1.807) is 18.4 Å². The average Bonchev–Trinajstić information content (AvgIpc) is 2.98. The first-order valence-electron chi connectivity index (χ1n) is 7.07. The van der Waals surface area contributed by atoms with Gasteiger partial charge < -0.3 is 4.90 Å². The van der Waals surface area contributed by atoms with Crippen LogP contribution < -0.4 is 0 Å². The monoisotopic (exact) mass is 348 g/mol. The van der Waals surface area contributed by atoms with Gasteiger partial charge in [0.25, 0.3) is 0 Å². The Morgan fingerprint density at radius 3 is 2.86 bits per heavy atom. The number of hydrogen-bond donors (Lipinski definition) is 0. The van der Waals surface area contributed by atoms with Gasteiger partial charge in [0.1, 0.15) is 11.9 Å². The number of hydrogen-bond acceptors (Lipinski definition) is 5. The molecular weight excluding hydrogens is 327 g/mol. The van der Waals surface area contributed by atoms with Gasteiger partial charge in [-0.1, -0.05) is 6.07 Å². The van der Waals surface area contributed by atoms with E-state index in [1.807, 2.05) is 22.4 Å². The molecule has 1 saturated heterocycles. The highest BCUT2D eigenvalue weighted by Gasteiger charge is 2.33. The Bertz CT molecular complexity index is 604. The Kier molecular flexibility index (Phi) is 5.57. The molecule has 2 atom stereocenters. The summed E-state index contributed by atoms with van der Waals surface area (Å²) >= 11 is 1.62. The van der Waals surface area contributed by atoms with E-state index in [1.165, 1.54) is 4.90 Å². The molecule has 0 unspecified atom stereocenters. The van der Waals surface area contributed by atoms with Crippen LogP contribution >= 0.6 is 11.3 Å². The van der Waals surface area contributed by atoms with Crippen LogP contribution in [-0.4, -0.2) is 68.5 Å². The number of thiophene rings is 1. The highest BCUT2D eigenvalue weighted by molar-refractivity contribution is 7.91.